The van der Waals surface area contributed by atoms with Gasteiger partial charge in [0, 0.05) is 65.3 Å². The summed E-state index contributed by atoms with van der Waals surface area (Å²) in [6.45, 7) is 5.77. The fourth-order valence-corrected chi connectivity index (χ4v) is 8.16. The van der Waals surface area contributed by atoms with Gasteiger partial charge in [-0.25, -0.2) is 0 Å². The predicted molar refractivity (Wildman–Crippen MR) is 251 cm³/mol. The lowest BCUT2D eigenvalue weighted by atomic mass is 10.0. The highest BCUT2D eigenvalue weighted by atomic mass is 16.3. The lowest BCUT2D eigenvalue weighted by Gasteiger charge is -2.02. The fourth-order valence-electron chi connectivity index (χ4n) is 8.16. The molecule has 0 bridgehead atoms. The lowest BCUT2D eigenvalue weighted by Crippen LogP contribution is -1.77. The van der Waals surface area contributed by atoms with E-state index in [4.69, 9.17) is 8.83 Å². The maximum atomic E-state index is 5.67. The number of allylic oxidation sites excluding steroid dienone is 1. The number of hydrogen-bond acceptors (Lipinski definition) is 2. The van der Waals surface area contributed by atoms with E-state index >= 15 is 0 Å². The average Bonchev–Trinajstić information content (AvgIpc) is 4.06. The van der Waals surface area contributed by atoms with Gasteiger partial charge in [0.25, 0.3) is 0 Å². The second kappa shape index (κ2) is 15.3. The zero-order valence-corrected chi connectivity index (χ0v) is 32.6. The van der Waals surface area contributed by atoms with Crippen molar-refractivity contribution in [3.05, 3.63) is 206 Å². The molecule has 0 saturated carbocycles. The van der Waals surface area contributed by atoms with E-state index in [1.54, 1.807) is 0 Å². The zero-order valence-electron chi connectivity index (χ0n) is 32.6. The van der Waals surface area contributed by atoms with Crippen molar-refractivity contribution >= 4 is 88.7 Å². The van der Waals surface area contributed by atoms with Crippen LogP contribution in [0, 0.1) is 0 Å². The maximum Gasteiger partial charge on any atom is 0.135 e. The molecular weight excluding hydrogens is 721 g/mol. The molecule has 12 rings (SSSR count). The Bertz CT molecular complexity index is 3290. The van der Waals surface area contributed by atoms with E-state index in [2.05, 4.69) is 138 Å². The standard InChI is InChI=1S/C30H20N2.C13H12O.C12H8O/c1-3-7-19(8-4-1)21-11-13-27-23(15-21)25-17-26-24-16-22(20-9-5-2-6-10-20)12-14-28(24)32-30(26)18-29(25)31-27;1-3-7-12-10(4-2)11-8-5-6-9-13(11)14-12;1-3-7-11-9(5-1)10-6-2-4-8-12(10)13-11/h1-18,31-32H;3-9H,2H2,1H3;1-8H/b;7-3-;. The molecule has 8 aromatic carbocycles. The molecule has 0 unspecified atom stereocenters. The van der Waals surface area contributed by atoms with Crippen LogP contribution >= 0.6 is 0 Å². The third-order valence-electron chi connectivity index (χ3n) is 11.0. The first kappa shape index (κ1) is 35.6. The summed E-state index contributed by atoms with van der Waals surface area (Å²) >= 11 is 0. The van der Waals surface area contributed by atoms with E-state index < -0.39 is 0 Å². The highest BCUT2D eigenvalue weighted by Crippen LogP contribution is 2.37. The van der Waals surface area contributed by atoms with Gasteiger partial charge in [-0.2, -0.15) is 0 Å². The van der Waals surface area contributed by atoms with Crippen LogP contribution in [0.15, 0.2) is 203 Å². The summed E-state index contributed by atoms with van der Waals surface area (Å²) in [6, 6.07) is 63.3. The molecule has 59 heavy (non-hydrogen) atoms. The van der Waals surface area contributed by atoms with Crippen LogP contribution in [0.25, 0.3) is 111 Å². The predicted octanol–water partition coefficient (Wildman–Crippen LogP) is 16.0. The molecule has 0 fully saturated rings. The summed E-state index contributed by atoms with van der Waals surface area (Å²) < 4.78 is 11.3. The molecule has 0 atom stereocenters. The van der Waals surface area contributed by atoms with Crippen molar-refractivity contribution in [2.75, 3.05) is 0 Å². The van der Waals surface area contributed by atoms with Gasteiger partial charge in [0.05, 0.1) is 0 Å². The molecule has 0 aliphatic carbocycles. The molecule has 0 radical (unpaired) electrons. The van der Waals surface area contributed by atoms with Crippen LogP contribution in [-0.4, -0.2) is 9.97 Å². The Morgan fingerprint density at radius 1 is 0.390 bits per heavy atom. The number of nitrogens with one attached hydrogen (secondary N) is 2. The number of fused-ring (bicyclic) bond motifs is 10. The SMILES string of the molecule is C=Cc1c(/C=C\C)oc2ccccc12.c1ccc(-c2ccc3[nH]c4cc5[nH]c6ccc(-c7ccccc7)cc6c5cc4c3c2)cc1.c1ccc2c(c1)oc1ccccc12. The van der Waals surface area contributed by atoms with Crippen molar-refractivity contribution in [3.63, 3.8) is 0 Å². The third-order valence-corrected chi connectivity index (χ3v) is 11.0. The average molecular weight is 761 g/mol. The second-order valence-electron chi connectivity index (χ2n) is 14.6. The Morgan fingerprint density at radius 3 is 1.32 bits per heavy atom. The Labute approximate surface area is 341 Å². The summed E-state index contributed by atoms with van der Waals surface area (Å²) in [7, 11) is 0. The van der Waals surface area contributed by atoms with Crippen molar-refractivity contribution in [2.24, 2.45) is 0 Å². The van der Waals surface area contributed by atoms with Crippen molar-refractivity contribution in [1.29, 1.82) is 0 Å². The summed E-state index contributed by atoms with van der Waals surface area (Å²) in [4.78, 5) is 7.22. The molecule has 4 nitrogen and oxygen atoms in total. The van der Waals surface area contributed by atoms with Gasteiger partial charge in [0.15, 0.2) is 0 Å². The molecule has 0 aliphatic rings. The number of hydrogen-bond donors (Lipinski definition) is 2. The Morgan fingerprint density at radius 2 is 0.831 bits per heavy atom. The molecule has 0 aliphatic heterocycles. The molecule has 0 amide bonds. The quantitative estimate of drug-likeness (QED) is 0.188. The van der Waals surface area contributed by atoms with Crippen LogP contribution in [0.5, 0.6) is 0 Å². The van der Waals surface area contributed by atoms with Crippen LogP contribution in [0.4, 0.5) is 0 Å². The maximum absolute atomic E-state index is 5.67. The number of aromatic nitrogens is 2. The molecule has 0 spiro atoms. The third kappa shape index (κ3) is 6.67. The topological polar surface area (TPSA) is 57.9 Å². The van der Waals surface area contributed by atoms with Gasteiger partial charge in [-0.15, -0.1) is 0 Å². The van der Waals surface area contributed by atoms with Crippen LogP contribution in [0.1, 0.15) is 18.2 Å². The van der Waals surface area contributed by atoms with E-state index in [1.807, 2.05) is 85.8 Å². The molecule has 12 aromatic rings. The van der Waals surface area contributed by atoms with Gasteiger partial charge in [-0.3, -0.25) is 0 Å². The number of aromatic amines is 2. The van der Waals surface area contributed by atoms with E-state index in [1.165, 1.54) is 65.6 Å². The van der Waals surface area contributed by atoms with Crippen molar-refractivity contribution in [1.82, 2.24) is 9.97 Å². The van der Waals surface area contributed by atoms with E-state index in [9.17, 15) is 0 Å². The lowest BCUT2D eigenvalue weighted by molar-refractivity contribution is 0.603. The van der Waals surface area contributed by atoms with Crippen LogP contribution in [0.2, 0.25) is 0 Å². The zero-order chi connectivity index (χ0) is 39.7. The second-order valence-corrected chi connectivity index (χ2v) is 14.6. The highest BCUT2D eigenvalue weighted by Gasteiger charge is 2.13. The first-order valence-electron chi connectivity index (χ1n) is 19.9. The van der Waals surface area contributed by atoms with Crippen molar-refractivity contribution < 1.29 is 8.83 Å². The molecule has 0 saturated heterocycles. The fraction of sp³-hybridized carbons (Fsp3) is 0.0182. The van der Waals surface area contributed by atoms with Gasteiger partial charge in [0.1, 0.15) is 22.5 Å². The Kier molecular flexibility index (Phi) is 9.20. The molecule has 4 heteroatoms. The van der Waals surface area contributed by atoms with Crippen molar-refractivity contribution in [2.45, 2.75) is 6.92 Å². The number of H-pyrrole nitrogens is 2. The summed E-state index contributed by atoms with van der Waals surface area (Å²) in [5.41, 5.74) is 13.5. The molecule has 4 aromatic heterocycles. The largest absolute Gasteiger partial charge is 0.456 e. The van der Waals surface area contributed by atoms with Crippen LogP contribution in [0.3, 0.4) is 0 Å². The van der Waals surface area contributed by atoms with Crippen LogP contribution < -0.4 is 0 Å². The van der Waals surface area contributed by atoms with Gasteiger partial charge in [0.2, 0.25) is 0 Å². The minimum atomic E-state index is 0.878. The first-order chi connectivity index (χ1) is 29.1. The summed E-state index contributed by atoms with van der Waals surface area (Å²) in [5.74, 6) is 0.878. The smallest absolute Gasteiger partial charge is 0.135 e. The normalized spacial score (nSPS) is 11.5. The Hall–Kier alpha value is -7.82. The molecule has 282 valence electrons. The van der Waals surface area contributed by atoms with Gasteiger partial charge < -0.3 is 18.8 Å². The number of furan rings is 2. The summed E-state index contributed by atoms with van der Waals surface area (Å²) in [5, 5.41) is 8.55. The van der Waals surface area contributed by atoms with E-state index in [0.29, 0.717) is 0 Å². The number of benzene rings is 8. The first-order valence-corrected chi connectivity index (χ1v) is 19.9. The minimum absolute atomic E-state index is 0.878. The monoisotopic (exact) mass is 760 g/mol. The molecule has 4 heterocycles. The van der Waals surface area contributed by atoms with Crippen LogP contribution in [-0.2, 0) is 0 Å². The minimum Gasteiger partial charge on any atom is -0.456 e. The van der Waals surface area contributed by atoms with E-state index in [-0.39, 0.29) is 0 Å². The van der Waals surface area contributed by atoms with Gasteiger partial charge in [-0.05, 0) is 89.9 Å². The Balaban J connectivity index is 0.000000128. The van der Waals surface area contributed by atoms with E-state index in [0.717, 1.165) is 44.5 Å². The molecular formula is C55H40N2O2. The number of rotatable bonds is 4. The van der Waals surface area contributed by atoms with Gasteiger partial charge >= 0.3 is 0 Å². The van der Waals surface area contributed by atoms with Crippen molar-refractivity contribution in [3.8, 4) is 22.3 Å². The summed E-state index contributed by atoms with van der Waals surface area (Å²) in [6.07, 6.45) is 5.75. The highest BCUT2D eigenvalue weighted by molar-refractivity contribution is 6.18. The number of para-hydroxylation sites is 3. The molecule has 2 N–H and O–H groups in total. The van der Waals surface area contributed by atoms with Gasteiger partial charge in [-0.1, -0.05) is 146 Å².